The second kappa shape index (κ2) is 4.21. The summed E-state index contributed by atoms with van der Waals surface area (Å²) in [4.78, 5) is 14.9. The molecule has 0 bridgehead atoms. The highest BCUT2D eigenvalue weighted by Crippen LogP contribution is 2.19. The molecule has 0 unspecified atom stereocenters. The minimum Gasteiger partial charge on any atom is -0.481 e. The van der Waals surface area contributed by atoms with Crippen molar-refractivity contribution >= 4 is 11.7 Å². The van der Waals surface area contributed by atoms with Crippen LogP contribution in [0, 0.1) is 5.41 Å². The molecule has 0 fully saturated rings. The quantitative estimate of drug-likeness (QED) is 0.681. The van der Waals surface area contributed by atoms with Crippen molar-refractivity contribution in [1.29, 1.82) is 0 Å². The van der Waals surface area contributed by atoms with E-state index in [2.05, 4.69) is 4.99 Å². The normalized spacial score (nSPS) is 12.5. The van der Waals surface area contributed by atoms with E-state index in [9.17, 15) is 4.79 Å². The predicted molar refractivity (Wildman–Crippen MR) is 54.2 cm³/mol. The van der Waals surface area contributed by atoms with Crippen LogP contribution < -0.4 is 0 Å². The second-order valence-corrected chi connectivity index (χ2v) is 3.76. The molecule has 0 rings (SSSR count). The fourth-order valence-electron chi connectivity index (χ4n) is 0.907. The molecule has 13 heavy (non-hydrogen) atoms. The summed E-state index contributed by atoms with van der Waals surface area (Å²) in [5, 5.41) is 8.95. The Balaban J connectivity index is 5.02. The van der Waals surface area contributed by atoms with Crippen molar-refractivity contribution in [3.05, 3.63) is 11.6 Å². The van der Waals surface area contributed by atoms with E-state index < -0.39 is 11.4 Å². The third-order valence-electron chi connectivity index (χ3n) is 1.84. The Morgan fingerprint density at radius 1 is 1.38 bits per heavy atom. The fourth-order valence-corrected chi connectivity index (χ4v) is 0.907. The lowest BCUT2D eigenvalue weighted by atomic mass is 9.86. The maximum atomic E-state index is 10.9. The van der Waals surface area contributed by atoms with Crippen molar-refractivity contribution < 1.29 is 9.90 Å². The first-order chi connectivity index (χ1) is 5.82. The zero-order valence-electron chi connectivity index (χ0n) is 8.88. The summed E-state index contributed by atoms with van der Waals surface area (Å²) >= 11 is 0. The van der Waals surface area contributed by atoms with Gasteiger partial charge < -0.3 is 5.11 Å². The van der Waals surface area contributed by atoms with Gasteiger partial charge in [0, 0.05) is 7.05 Å². The Kier molecular flexibility index (Phi) is 3.85. The number of carboxylic acid groups (broad SMARTS) is 1. The van der Waals surface area contributed by atoms with Crippen LogP contribution in [-0.2, 0) is 4.79 Å². The Hall–Kier alpha value is -1.12. The zero-order valence-corrected chi connectivity index (χ0v) is 8.88. The Labute approximate surface area is 79.2 Å². The largest absolute Gasteiger partial charge is 0.481 e. The van der Waals surface area contributed by atoms with Gasteiger partial charge in [-0.15, -0.1) is 0 Å². The number of hydrogen-bond acceptors (Lipinski definition) is 2. The van der Waals surface area contributed by atoms with Crippen LogP contribution in [0.4, 0.5) is 0 Å². The Morgan fingerprint density at radius 3 is 2.08 bits per heavy atom. The lowest BCUT2D eigenvalue weighted by Gasteiger charge is -2.19. The van der Waals surface area contributed by atoms with E-state index in [4.69, 9.17) is 5.11 Å². The number of rotatable bonds is 3. The molecule has 0 saturated heterocycles. The number of carboxylic acids is 1. The maximum Gasteiger partial charge on any atom is 0.315 e. The summed E-state index contributed by atoms with van der Waals surface area (Å²) in [5.74, 6) is -0.856. The zero-order chi connectivity index (χ0) is 10.6. The molecule has 1 N–H and O–H groups in total. The summed E-state index contributed by atoms with van der Waals surface area (Å²) in [7, 11) is 1.61. The van der Waals surface area contributed by atoms with Gasteiger partial charge in [-0.1, -0.05) is 5.57 Å². The van der Waals surface area contributed by atoms with Gasteiger partial charge >= 0.3 is 5.97 Å². The molecular formula is C10H17NO2. The molecule has 0 heterocycles. The minimum absolute atomic E-state index is 0.597. The summed E-state index contributed by atoms with van der Waals surface area (Å²) in [6.07, 6.45) is 1.80. The van der Waals surface area contributed by atoms with Gasteiger partial charge in [0.1, 0.15) is 5.41 Å². The number of hydrogen-bond donors (Lipinski definition) is 1. The highest BCUT2D eigenvalue weighted by atomic mass is 16.4. The number of aliphatic carboxylic acids is 1. The molecule has 0 aliphatic heterocycles. The van der Waals surface area contributed by atoms with Crippen LogP contribution in [0.5, 0.6) is 0 Å². The molecule has 0 atom stereocenters. The predicted octanol–water partition coefficient (Wildman–Crippen LogP) is 2.13. The van der Waals surface area contributed by atoms with Gasteiger partial charge in [0.25, 0.3) is 0 Å². The van der Waals surface area contributed by atoms with Crippen LogP contribution in [0.15, 0.2) is 16.6 Å². The van der Waals surface area contributed by atoms with Crippen LogP contribution in [0.2, 0.25) is 0 Å². The molecule has 0 radical (unpaired) electrons. The van der Waals surface area contributed by atoms with Crippen LogP contribution in [0.3, 0.4) is 0 Å². The highest BCUT2D eigenvalue weighted by Gasteiger charge is 2.31. The average molecular weight is 183 g/mol. The van der Waals surface area contributed by atoms with Gasteiger partial charge in [-0.05, 0) is 33.8 Å². The molecule has 3 heteroatoms. The lowest BCUT2D eigenvalue weighted by Crippen LogP contribution is -2.32. The van der Waals surface area contributed by atoms with Crippen molar-refractivity contribution in [1.82, 2.24) is 0 Å². The number of nitrogens with zero attached hydrogens (tertiary/aromatic N) is 1. The van der Waals surface area contributed by atoms with Crippen LogP contribution in [0.1, 0.15) is 27.7 Å². The van der Waals surface area contributed by atoms with E-state index >= 15 is 0 Å². The maximum absolute atomic E-state index is 10.9. The molecule has 0 aromatic heterocycles. The van der Waals surface area contributed by atoms with Gasteiger partial charge in [0.05, 0.1) is 5.71 Å². The van der Waals surface area contributed by atoms with Crippen LogP contribution in [-0.4, -0.2) is 23.8 Å². The third kappa shape index (κ3) is 3.01. The van der Waals surface area contributed by atoms with E-state index in [-0.39, 0.29) is 0 Å². The molecule has 3 nitrogen and oxygen atoms in total. The molecule has 0 amide bonds. The third-order valence-corrected chi connectivity index (χ3v) is 1.84. The molecule has 74 valence electrons. The van der Waals surface area contributed by atoms with Crippen LogP contribution in [0.25, 0.3) is 0 Å². The van der Waals surface area contributed by atoms with Gasteiger partial charge in [-0.3, -0.25) is 9.79 Å². The van der Waals surface area contributed by atoms with E-state index in [1.165, 1.54) is 0 Å². The van der Waals surface area contributed by atoms with Gasteiger partial charge in [-0.25, -0.2) is 0 Å². The second-order valence-electron chi connectivity index (χ2n) is 3.76. The SMILES string of the molecule is CN=C(C=C(C)C)C(C)(C)C(=O)O. The number of aliphatic imine (C=N–C) groups is 1. The molecule has 0 aromatic carbocycles. The van der Waals surface area contributed by atoms with Crippen molar-refractivity contribution in [2.24, 2.45) is 10.4 Å². The number of carbonyl (C=O) groups is 1. The molecule has 0 aliphatic rings. The summed E-state index contributed by atoms with van der Waals surface area (Å²) < 4.78 is 0. The van der Waals surface area contributed by atoms with E-state index in [0.717, 1.165) is 5.57 Å². The monoisotopic (exact) mass is 183 g/mol. The van der Waals surface area contributed by atoms with Crippen molar-refractivity contribution in [2.45, 2.75) is 27.7 Å². The first-order valence-electron chi connectivity index (χ1n) is 4.18. The van der Waals surface area contributed by atoms with Gasteiger partial charge in [0.15, 0.2) is 0 Å². The lowest BCUT2D eigenvalue weighted by molar-refractivity contribution is -0.143. The molecular weight excluding hydrogens is 166 g/mol. The molecule has 0 aliphatic carbocycles. The average Bonchev–Trinajstić information content (AvgIpc) is 1.99. The molecule has 0 saturated carbocycles. The standard InChI is InChI=1S/C10H17NO2/c1-7(2)6-8(11-5)10(3,4)9(12)13/h6H,1-5H3,(H,12,13). The number of allylic oxidation sites excluding steroid dienone is 2. The Bertz CT molecular complexity index is 258. The van der Waals surface area contributed by atoms with Gasteiger partial charge in [0.2, 0.25) is 0 Å². The minimum atomic E-state index is -0.911. The van der Waals surface area contributed by atoms with E-state index in [0.29, 0.717) is 5.71 Å². The van der Waals surface area contributed by atoms with Crippen molar-refractivity contribution in [2.75, 3.05) is 7.05 Å². The first kappa shape index (κ1) is 11.9. The van der Waals surface area contributed by atoms with Gasteiger partial charge in [-0.2, -0.15) is 0 Å². The summed E-state index contributed by atoms with van der Waals surface area (Å²) in [5.41, 5.74) is 0.737. The fraction of sp³-hybridized carbons (Fsp3) is 0.600. The summed E-state index contributed by atoms with van der Waals surface area (Å²) in [6.45, 7) is 7.14. The highest BCUT2D eigenvalue weighted by molar-refractivity contribution is 6.11. The van der Waals surface area contributed by atoms with Crippen LogP contribution >= 0.6 is 0 Å². The smallest absolute Gasteiger partial charge is 0.315 e. The van der Waals surface area contributed by atoms with Crippen molar-refractivity contribution in [3.63, 3.8) is 0 Å². The topological polar surface area (TPSA) is 49.7 Å². The van der Waals surface area contributed by atoms with E-state index in [1.54, 1.807) is 27.0 Å². The first-order valence-corrected chi connectivity index (χ1v) is 4.18. The molecule has 0 aromatic rings. The van der Waals surface area contributed by atoms with E-state index in [1.807, 2.05) is 13.8 Å². The molecule has 0 spiro atoms. The Morgan fingerprint density at radius 2 is 1.85 bits per heavy atom. The summed E-state index contributed by atoms with van der Waals surface area (Å²) in [6, 6.07) is 0. The van der Waals surface area contributed by atoms with Crippen molar-refractivity contribution in [3.8, 4) is 0 Å².